The largest absolute Gasteiger partial charge is 0.398 e. The van der Waals surface area contributed by atoms with Crippen LogP contribution in [0.25, 0.3) is 5.57 Å². The molecule has 0 atom stereocenters. The molecular weight excluding hydrogens is 254 g/mol. The van der Waals surface area contributed by atoms with E-state index in [0.717, 1.165) is 18.5 Å². The second-order valence-electron chi connectivity index (χ2n) is 5.25. The number of para-hydroxylation sites is 1. The molecule has 1 aliphatic rings. The normalized spacial score (nSPS) is 12.6. The molecule has 0 heterocycles. The van der Waals surface area contributed by atoms with Crippen LogP contribution < -0.4 is 5.73 Å². The topological polar surface area (TPSA) is 26.0 Å². The Labute approximate surface area is 127 Å². The lowest BCUT2D eigenvalue weighted by Crippen LogP contribution is -1.91. The monoisotopic (exact) mass is 277 g/mol. The molecule has 2 N–H and O–H groups in total. The van der Waals surface area contributed by atoms with Crippen molar-refractivity contribution >= 4 is 11.3 Å². The second kappa shape index (κ2) is 7.49. The summed E-state index contributed by atoms with van der Waals surface area (Å²) in [7, 11) is 0. The minimum atomic E-state index is 0.868. The van der Waals surface area contributed by atoms with Crippen molar-refractivity contribution in [3.63, 3.8) is 0 Å². The van der Waals surface area contributed by atoms with Crippen LogP contribution in [0.1, 0.15) is 30.0 Å². The van der Waals surface area contributed by atoms with Gasteiger partial charge in [0.1, 0.15) is 0 Å². The average molecular weight is 277 g/mol. The fourth-order valence-electron chi connectivity index (χ4n) is 2.26. The molecule has 0 bridgehead atoms. The lowest BCUT2D eigenvalue weighted by Gasteiger charge is -2.04. The molecule has 1 nitrogen and oxygen atoms in total. The van der Waals surface area contributed by atoms with E-state index in [-0.39, 0.29) is 0 Å². The third-order valence-electron chi connectivity index (χ3n) is 3.61. The highest BCUT2D eigenvalue weighted by Gasteiger charge is 2.04. The van der Waals surface area contributed by atoms with Crippen LogP contribution >= 0.6 is 0 Å². The van der Waals surface area contributed by atoms with Crippen LogP contribution in [0.2, 0.25) is 0 Å². The molecule has 108 valence electrons. The Morgan fingerprint density at radius 2 is 1.71 bits per heavy atom. The molecule has 0 amide bonds. The zero-order chi connectivity index (χ0) is 15.1. The molecule has 21 heavy (non-hydrogen) atoms. The smallest absolute Gasteiger partial charge is 0.0390 e. The van der Waals surface area contributed by atoms with Gasteiger partial charge in [-0.25, -0.2) is 0 Å². The maximum atomic E-state index is 5.83. The average Bonchev–Trinajstić information content (AvgIpc) is 3.03. The first-order chi connectivity index (χ1) is 10.2. The van der Waals surface area contributed by atoms with Gasteiger partial charge in [-0.05, 0) is 37.0 Å². The Bertz CT molecular complexity index is 633. The molecule has 0 saturated heterocycles. The van der Waals surface area contributed by atoms with Crippen molar-refractivity contribution in [1.29, 1.82) is 0 Å². The quantitative estimate of drug-likeness (QED) is 0.753. The molecule has 2 aromatic rings. The first-order valence-corrected chi connectivity index (χ1v) is 7.47. The van der Waals surface area contributed by atoms with Crippen LogP contribution in [0.3, 0.4) is 0 Å². The van der Waals surface area contributed by atoms with E-state index in [1.807, 2.05) is 18.2 Å². The fourth-order valence-corrected chi connectivity index (χ4v) is 2.26. The third-order valence-corrected chi connectivity index (χ3v) is 3.61. The number of hydrogen-bond donors (Lipinski definition) is 1. The van der Waals surface area contributed by atoms with Crippen molar-refractivity contribution in [2.75, 3.05) is 5.73 Å². The van der Waals surface area contributed by atoms with E-state index < -0.39 is 0 Å². The summed E-state index contributed by atoms with van der Waals surface area (Å²) in [6.07, 6.45) is 8.48. The Hall–Kier alpha value is -2.28. The van der Waals surface area contributed by atoms with Gasteiger partial charge in [-0.15, -0.1) is 0 Å². The maximum absolute atomic E-state index is 5.83. The molecule has 0 saturated carbocycles. The van der Waals surface area contributed by atoms with Crippen molar-refractivity contribution in [2.45, 2.75) is 26.7 Å². The highest BCUT2D eigenvalue weighted by molar-refractivity contribution is 5.78. The van der Waals surface area contributed by atoms with Gasteiger partial charge in [0.2, 0.25) is 0 Å². The van der Waals surface area contributed by atoms with Crippen molar-refractivity contribution in [2.24, 2.45) is 0 Å². The summed E-state index contributed by atoms with van der Waals surface area (Å²) in [6, 6.07) is 16.6. The minimum Gasteiger partial charge on any atom is -0.398 e. The van der Waals surface area contributed by atoms with Crippen LogP contribution in [0, 0.1) is 6.92 Å². The molecule has 0 unspecified atom stereocenters. The predicted molar refractivity (Wildman–Crippen MR) is 93.1 cm³/mol. The number of anilines is 1. The zero-order valence-corrected chi connectivity index (χ0v) is 12.8. The number of aryl methyl sites for hydroxylation is 2. The minimum absolute atomic E-state index is 0.868. The number of benzene rings is 2. The SMILES string of the molecule is CCc1ccc(C)cc1.Nc1ccccc1C1=CC=CC1. The molecular formula is C20H23N. The Morgan fingerprint density at radius 1 is 1.00 bits per heavy atom. The van der Waals surface area contributed by atoms with E-state index in [0.29, 0.717) is 0 Å². The Balaban J connectivity index is 0.000000161. The van der Waals surface area contributed by atoms with Crippen LogP contribution in [-0.4, -0.2) is 0 Å². The zero-order valence-electron chi connectivity index (χ0n) is 12.8. The molecule has 1 heteroatoms. The highest BCUT2D eigenvalue weighted by atomic mass is 14.6. The molecule has 0 aromatic heterocycles. The lowest BCUT2D eigenvalue weighted by molar-refractivity contribution is 1.14. The number of nitrogen functional groups attached to an aromatic ring is 1. The molecule has 3 rings (SSSR count). The van der Waals surface area contributed by atoms with E-state index in [9.17, 15) is 0 Å². The highest BCUT2D eigenvalue weighted by Crippen LogP contribution is 2.27. The van der Waals surface area contributed by atoms with Crippen molar-refractivity contribution in [3.8, 4) is 0 Å². The van der Waals surface area contributed by atoms with Crippen molar-refractivity contribution in [3.05, 3.63) is 83.4 Å². The Kier molecular flexibility index (Phi) is 5.39. The standard InChI is InChI=1S/C11H11N.C9H12/c12-11-8-4-3-7-10(11)9-5-1-2-6-9;1-3-9-6-4-8(2)5-7-9/h1-5,7-8H,6,12H2;4-7H,3H2,1-2H3. The van der Waals surface area contributed by atoms with E-state index in [4.69, 9.17) is 5.73 Å². The number of allylic oxidation sites excluding steroid dienone is 4. The van der Waals surface area contributed by atoms with Crippen LogP contribution in [-0.2, 0) is 6.42 Å². The number of nitrogens with two attached hydrogens (primary N) is 1. The van der Waals surface area contributed by atoms with E-state index in [1.54, 1.807) is 0 Å². The van der Waals surface area contributed by atoms with Gasteiger partial charge in [0, 0.05) is 11.3 Å². The van der Waals surface area contributed by atoms with E-state index in [1.165, 1.54) is 22.3 Å². The van der Waals surface area contributed by atoms with Gasteiger partial charge in [-0.1, -0.05) is 73.2 Å². The number of rotatable bonds is 2. The van der Waals surface area contributed by atoms with Gasteiger partial charge < -0.3 is 5.73 Å². The summed E-state index contributed by atoms with van der Waals surface area (Å²) >= 11 is 0. The van der Waals surface area contributed by atoms with Gasteiger partial charge in [0.05, 0.1) is 0 Å². The first-order valence-electron chi connectivity index (χ1n) is 7.47. The Morgan fingerprint density at radius 3 is 2.29 bits per heavy atom. The molecule has 0 spiro atoms. The summed E-state index contributed by atoms with van der Waals surface area (Å²) in [5.74, 6) is 0. The fraction of sp³-hybridized carbons (Fsp3) is 0.200. The van der Waals surface area contributed by atoms with Crippen LogP contribution in [0.15, 0.2) is 66.8 Å². The van der Waals surface area contributed by atoms with E-state index >= 15 is 0 Å². The van der Waals surface area contributed by atoms with Gasteiger partial charge >= 0.3 is 0 Å². The van der Waals surface area contributed by atoms with Crippen molar-refractivity contribution in [1.82, 2.24) is 0 Å². The molecule has 0 radical (unpaired) electrons. The second-order valence-corrected chi connectivity index (χ2v) is 5.25. The molecule has 1 aliphatic carbocycles. The predicted octanol–water partition coefficient (Wildman–Crippen LogP) is 5.17. The summed E-state index contributed by atoms with van der Waals surface area (Å²) in [4.78, 5) is 0. The summed E-state index contributed by atoms with van der Waals surface area (Å²) in [5.41, 5.74) is 11.9. The van der Waals surface area contributed by atoms with Gasteiger partial charge in [0.25, 0.3) is 0 Å². The van der Waals surface area contributed by atoms with Gasteiger partial charge in [-0.3, -0.25) is 0 Å². The van der Waals surface area contributed by atoms with Gasteiger partial charge in [-0.2, -0.15) is 0 Å². The third kappa shape index (κ3) is 4.35. The maximum Gasteiger partial charge on any atom is 0.0390 e. The summed E-state index contributed by atoms with van der Waals surface area (Å²) in [5, 5.41) is 0. The number of hydrogen-bond acceptors (Lipinski definition) is 1. The van der Waals surface area contributed by atoms with E-state index in [2.05, 4.69) is 62.4 Å². The molecule has 2 aromatic carbocycles. The van der Waals surface area contributed by atoms with Crippen molar-refractivity contribution < 1.29 is 0 Å². The molecule has 0 aliphatic heterocycles. The van der Waals surface area contributed by atoms with Crippen LogP contribution in [0.5, 0.6) is 0 Å². The lowest BCUT2D eigenvalue weighted by atomic mass is 10.0. The summed E-state index contributed by atoms with van der Waals surface area (Å²) < 4.78 is 0. The molecule has 0 fully saturated rings. The first kappa shape index (κ1) is 15.1. The van der Waals surface area contributed by atoms with Gasteiger partial charge in [0.15, 0.2) is 0 Å². The van der Waals surface area contributed by atoms with Crippen LogP contribution in [0.4, 0.5) is 5.69 Å². The summed E-state index contributed by atoms with van der Waals surface area (Å²) in [6.45, 7) is 4.28.